The van der Waals surface area contributed by atoms with Crippen molar-refractivity contribution in [3.05, 3.63) is 54.6 Å². The van der Waals surface area contributed by atoms with E-state index in [1.165, 1.54) is 0 Å². The maximum absolute atomic E-state index is 5.59. The Morgan fingerprint density at radius 3 is 2.35 bits per heavy atom. The Kier molecular flexibility index (Phi) is 3.86. The van der Waals surface area contributed by atoms with Crippen molar-refractivity contribution < 1.29 is 4.74 Å². The molecule has 0 unspecified atom stereocenters. The molecule has 0 spiro atoms. The Labute approximate surface area is 101 Å². The predicted molar refractivity (Wildman–Crippen MR) is 71.3 cm³/mol. The highest BCUT2D eigenvalue weighted by Crippen LogP contribution is 2.12. The van der Waals surface area contributed by atoms with Gasteiger partial charge in [0.15, 0.2) is 0 Å². The summed E-state index contributed by atoms with van der Waals surface area (Å²) in [5, 5.41) is 3.28. The SMILES string of the molecule is Nc1ccc(OCCNc2ccccc2)cc1. The average Bonchev–Trinajstić information content (AvgIpc) is 2.38. The summed E-state index contributed by atoms with van der Waals surface area (Å²) in [7, 11) is 0. The largest absolute Gasteiger partial charge is 0.492 e. The first-order chi connectivity index (χ1) is 8.34. The molecule has 3 nitrogen and oxygen atoms in total. The summed E-state index contributed by atoms with van der Waals surface area (Å²) in [6.45, 7) is 1.40. The van der Waals surface area contributed by atoms with Crippen LogP contribution in [0.4, 0.5) is 11.4 Å². The van der Waals surface area contributed by atoms with Crippen molar-refractivity contribution >= 4 is 11.4 Å². The van der Waals surface area contributed by atoms with E-state index in [9.17, 15) is 0 Å². The molecule has 0 bridgehead atoms. The molecule has 0 heterocycles. The highest BCUT2D eigenvalue weighted by Gasteiger charge is 1.93. The van der Waals surface area contributed by atoms with Crippen molar-refractivity contribution in [2.75, 3.05) is 24.2 Å². The molecule has 2 aromatic rings. The quantitative estimate of drug-likeness (QED) is 0.611. The van der Waals surface area contributed by atoms with Gasteiger partial charge in [-0.3, -0.25) is 0 Å². The minimum atomic E-state index is 0.624. The molecule has 0 aliphatic heterocycles. The van der Waals surface area contributed by atoms with Crippen LogP contribution >= 0.6 is 0 Å². The van der Waals surface area contributed by atoms with E-state index in [0.717, 1.165) is 23.7 Å². The third kappa shape index (κ3) is 3.72. The van der Waals surface area contributed by atoms with Gasteiger partial charge in [-0.05, 0) is 36.4 Å². The predicted octanol–water partition coefficient (Wildman–Crippen LogP) is 2.76. The van der Waals surface area contributed by atoms with E-state index in [0.29, 0.717) is 6.61 Å². The Hall–Kier alpha value is -2.16. The molecule has 0 aliphatic carbocycles. The van der Waals surface area contributed by atoms with E-state index in [1.54, 1.807) is 0 Å². The minimum Gasteiger partial charge on any atom is -0.492 e. The number of hydrogen-bond donors (Lipinski definition) is 2. The summed E-state index contributed by atoms with van der Waals surface area (Å²) in [5.41, 5.74) is 7.44. The summed E-state index contributed by atoms with van der Waals surface area (Å²) in [6, 6.07) is 17.5. The van der Waals surface area contributed by atoms with Gasteiger partial charge in [-0.2, -0.15) is 0 Å². The van der Waals surface area contributed by atoms with Gasteiger partial charge in [0.1, 0.15) is 12.4 Å². The lowest BCUT2D eigenvalue weighted by atomic mass is 10.3. The number of para-hydroxylation sites is 1. The number of anilines is 2. The average molecular weight is 228 g/mol. The first kappa shape index (κ1) is 11.3. The first-order valence-corrected chi connectivity index (χ1v) is 5.62. The van der Waals surface area contributed by atoms with E-state index in [2.05, 4.69) is 5.32 Å². The minimum absolute atomic E-state index is 0.624. The number of nitrogen functional groups attached to an aromatic ring is 1. The van der Waals surface area contributed by atoms with Gasteiger partial charge in [0.05, 0.1) is 0 Å². The Balaban J connectivity index is 1.71. The first-order valence-electron chi connectivity index (χ1n) is 5.62. The molecule has 0 atom stereocenters. The molecule has 2 rings (SSSR count). The molecular weight excluding hydrogens is 212 g/mol. The number of benzene rings is 2. The van der Waals surface area contributed by atoms with Crippen molar-refractivity contribution in [1.82, 2.24) is 0 Å². The van der Waals surface area contributed by atoms with Crippen molar-refractivity contribution in [2.24, 2.45) is 0 Å². The summed E-state index contributed by atoms with van der Waals surface area (Å²) >= 11 is 0. The molecule has 3 heteroatoms. The van der Waals surface area contributed by atoms with Gasteiger partial charge < -0.3 is 15.8 Å². The zero-order chi connectivity index (χ0) is 11.9. The van der Waals surface area contributed by atoms with Crippen LogP contribution in [0, 0.1) is 0 Å². The molecule has 0 aromatic heterocycles. The van der Waals surface area contributed by atoms with E-state index < -0.39 is 0 Å². The second-order valence-corrected chi connectivity index (χ2v) is 3.71. The number of nitrogens with two attached hydrogens (primary N) is 1. The van der Waals surface area contributed by atoms with Crippen LogP contribution in [0.3, 0.4) is 0 Å². The van der Waals surface area contributed by atoms with Gasteiger partial charge in [-0.15, -0.1) is 0 Å². The number of nitrogens with one attached hydrogen (secondary N) is 1. The number of ether oxygens (including phenoxy) is 1. The maximum atomic E-state index is 5.59. The number of rotatable bonds is 5. The molecule has 0 amide bonds. The second kappa shape index (κ2) is 5.80. The fourth-order valence-corrected chi connectivity index (χ4v) is 1.48. The molecule has 2 aromatic carbocycles. The molecule has 0 fully saturated rings. The fourth-order valence-electron chi connectivity index (χ4n) is 1.48. The molecular formula is C14H16N2O. The molecule has 3 N–H and O–H groups in total. The normalized spacial score (nSPS) is 9.88. The van der Waals surface area contributed by atoms with E-state index in [4.69, 9.17) is 10.5 Å². The van der Waals surface area contributed by atoms with Gasteiger partial charge in [-0.25, -0.2) is 0 Å². The molecule has 17 heavy (non-hydrogen) atoms. The van der Waals surface area contributed by atoms with E-state index in [1.807, 2.05) is 54.6 Å². The van der Waals surface area contributed by atoms with Crippen LogP contribution in [0.25, 0.3) is 0 Å². The summed E-state index contributed by atoms with van der Waals surface area (Å²) in [6.07, 6.45) is 0. The van der Waals surface area contributed by atoms with Crippen molar-refractivity contribution in [2.45, 2.75) is 0 Å². The fraction of sp³-hybridized carbons (Fsp3) is 0.143. The summed E-state index contributed by atoms with van der Waals surface area (Å²) in [5.74, 6) is 0.842. The molecule has 88 valence electrons. The molecule has 0 radical (unpaired) electrons. The van der Waals surface area contributed by atoms with E-state index in [-0.39, 0.29) is 0 Å². The smallest absolute Gasteiger partial charge is 0.119 e. The van der Waals surface area contributed by atoms with Gasteiger partial charge in [0, 0.05) is 17.9 Å². The van der Waals surface area contributed by atoms with Crippen LogP contribution < -0.4 is 15.8 Å². The molecule has 0 aliphatic rings. The highest BCUT2D eigenvalue weighted by atomic mass is 16.5. The zero-order valence-corrected chi connectivity index (χ0v) is 9.60. The lowest BCUT2D eigenvalue weighted by Gasteiger charge is -2.08. The molecule has 0 saturated heterocycles. The van der Waals surface area contributed by atoms with Crippen LogP contribution in [-0.4, -0.2) is 13.2 Å². The van der Waals surface area contributed by atoms with Crippen LogP contribution in [-0.2, 0) is 0 Å². The number of hydrogen-bond acceptors (Lipinski definition) is 3. The second-order valence-electron chi connectivity index (χ2n) is 3.71. The van der Waals surface area contributed by atoms with Gasteiger partial charge in [0.2, 0.25) is 0 Å². The monoisotopic (exact) mass is 228 g/mol. The standard InChI is InChI=1S/C14H16N2O/c15-12-6-8-14(9-7-12)17-11-10-16-13-4-2-1-3-5-13/h1-9,16H,10-11,15H2. The van der Waals surface area contributed by atoms with Crippen LogP contribution in [0.5, 0.6) is 5.75 Å². The topological polar surface area (TPSA) is 47.3 Å². The lowest BCUT2D eigenvalue weighted by molar-refractivity contribution is 0.333. The zero-order valence-electron chi connectivity index (χ0n) is 9.60. The third-order valence-electron chi connectivity index (χ3n) is 2.35. The van der Waals surface area contributed by atoms with Gasteiger partial charge in [-0.1, -0.05) is 18.2 Å². The van der Waals surface area contributed by atoms with Crippen molar-refractivity contribution in [3.63, 3.8) is 0 Å². The third-order valence-corrected chi connectivity index (χ3v) is 2.35. The lowest BCUT2D eigenvalue weighted by Crippen LogP contribution is -2.11. The Morgan fingerprint density at radius 1 is 0.941 bits per heavy atom. The van der Waals surface area contributed by atoms with Crippen molar-refractivity contribution in [1.29, 1.82) is 0 Å². The highest BCUT2D eigenvalue weighted by molar-refractivity contribution is 5.43. The van der Waals surface area contributed by atoms with Crippen molar-refractivity contribution in [3.8, 4) is 5.75 Å². The Bertz CT molecular complexity index is 440. The van der Waals surface area contributed by atoms with Gasteiger partial charge >= 0.3 is 0 Å². The van der Waals surface area contributed by atoms with Crippen LogP contribution in [0.15, 0.2) is 54.6 Å². The van der Waals surface area contributed by atoms with E-state index >= 15 is 0 Å². The Morgan fingerprint density at radius 2 is 1.65 bits per heavy atom. The maximum Gasteiger partial charge on any atom is 0.119 e. The molecule has 0 saturated carbocycles. The van der Waals surface area contributed by atoms with Crippen LogP contribution in [0.2, 0.25) is 0 Å². The summed E-state index contributed by atoms with van der Waals surface area (Å²) < 4.78 is 5.56. The summed E-state index contributed by atoms with van der Waals surface area (Å²) in [4.78, 5) is 0. The van der Waals surface area contributed by atoms with Gasteiger partial charge in [0.25, 0.3) is 0 Å². The van der Waals surface area contributed by atoms with Crippen LogP contribution in [0.1, 0.15) is 0 Å².